The Labute approximate surface area is 140 Å². The van der Waals surface area contributed by atoms with Crippen molar-refractivity contribution in [2.75, 3.05) is 6.54 Å². The molecule has 0 radical (unpaired) electrons. The van der Waals surface area contributed by atoms with E-state index in [4.69, 9.17) is 4.74 Å². The lowest BCUT2D eigenvalue weighted by Gasteiger charge is -2.32. The van der Waals surface area contributed by atoms with Crippen molar-refractivity contribution in [2.45, 2.75) is 102 Å². The third kappa shape index (κ3) is 5.96. The van der Waals surface area contributed by atoms with Crippen LogP contribution in [0.4, 0.5) is 4.79 Å². The van der Waals surface area contributed by atoms with E-state index in [2.05, 4.69) is 12.2 Å². The second-order valence-electron chi connectivity index (χ2n) is 8.28. The van der Waals surface area contributed by atoms with Crippen LogP contribution in [0.5, 0.6) is 0 Å². The van der Waals surface area contributed by atoms with Crippen molar-refractivity contribution in [3.05, 3.63) is 0 Å². The molecule has 0 aromatic rings. The van der Waals surface area contributed by atoms with Crippen LogP contribution < -0.4 is 5.32 Å². The first-order valence-corrected chi connectivity index (χ1v) is 9.18. The van der Waals surface area contributed by atoms with Gasteiger partial charge < -0.3 is 20.1 Å². The van der Waals surface area contributed by atoms with Gasteiger partial charge in [-0.25, -0.2) is 4.79 Å². The van der Waals surface area contributed by atoms with Gasteiger partial charge in [0.25, 0.3) is 0 Å². The SMILES string of the molecule is C[C@H](C[C@@H]1CCCN1C(=O)OC(C)(C)C)NC1CCC(O)CC1. The number of aliphatic hydroxyl groups is 1. The summed E-state index contributed by atoms with van der Waals surface area (Å²) in [6.07, 6.45) is 6.71. The average molecular weight is 326 g/mol. The first kappa shape index (κ1) is 18.5. The lowest BCUT2D eigenvalue weighted by atomic mass is 9.92. The van der Waals surface area contributed by atoms with E-state index < -0.39 is 5.60 Å². The number of nitrogens with zero attached hydrogens (tertiary/aromatic N) is 1. The van der Waals surface area contributed by atoms with Crippen LogP contribution in [0.1, 0.15) is 72.6 Å². The number of nitrogens with one attached hydrogen (secondary N) is 1. The highest BCUT2D eigenvalue weighted by atomic mass is 16.6. The van der Waals surface area contributed by atoms with E-state index in [1.54, 1.807) is 0 Å². The summed E-state index contributed by atoms with van der Waals surface area (Å²) in [5.74, 6) is 0. The van der Waals surface area contributed by atoms with Crippen LogP contribution in [-0.4, -0.2) is 52.5 Å². The normalized spacial score (nSPS) is 30.3. The summed E-state index contributed by atoms with van der Waals surface area (Å²) < 4.78 is 5.53. The molecule has 2 N–H and O–H groups in total. The molecule has 1 aliphatic heterocycles. The Morgan fingerprint density at radius 3 is 2.52 bits per heavy atom. The van der Waals surface area contributed by atoms with Gasteiger partial charge in [0.1, 0.15) is 5.60 Å². The second kappa shape index (κ2) is 7.84. The van der Waals surface area contributed by atoms with Gasteiger partial charge in [0, 0.05) is 24.7 Å². The van der Waals surface area contributed by atoms with Gasteiger partial charge in [-0.2, -0.15) is 0 Å². The smallest absolute Gasteiger partial charge is 0.410 e. The predicted molar refractivity (Wildman–Crippen MR) is 91.4 cm³/mol. The number of hydrogen-bond donors (Lipinski definition) is 2. The minimum absolute atomic E-state index is 0.110. The molecule has 2 fully saturated rings. The molecule has 1 aliphatic carbocycles. The summed E-state index contributed by atoms with van der Waals surface area (Å²) in [5, 5.41) is 13.3. The number of carbonyl (C=O) groups is 1. The van der Waals surface area contributed by atoms with E-state index in [0.717, 1.165) is 51.5 Å². The number of aliphatic hydroxyl groups excluding tert-OH is 1. The molecule has 5 nitrogen and oxygen atoms in total. The summed E-state index contributed by atoms with van der Waals surface area (Å²) in [5.41, 5.74) is -0.434. The highest BCUT2D eigenvalue weighted by Gasteiger charge is 2.33. The Hall–Kier alpha value is -0.810. The standard InChI is InChI=1S/C18H34N2O3/c1-13(19-14-7-9-16(21)10-8-14)12-15-6-5-11-20(15)17(22)23-18(2,3)4/h13-16,19,21H,5-12H2,1-4H3/t13-,14?,15+,16?/m1/s1. The molecule has 2 atom stereocenters. The highest BCUT2D eigenvalue weighted by Crippen LogP contribution is 2.25. The second-order valence-corrected chi connectivity index (χ2v) is 8.28. The maximum absolute atomic E-state index is 12.3. The van der Waals surface area contributed by atoms with E-state index in [-0.39, 0.29) is 18.2 Å². The maximum Gasteiger partial charge on any atom is 0.410 e. The molecular weight excluding hydrogens is 292 g/mol. The monoisotopic (exact) mass is 326 g/mol. The van der Waals surface area contributed by atoms with Gasteiger partial charge in [0.2, 0.25) is 0 Å². The fourth-order valence-corrected chi connectivity index (χ4v) is 3.76. The van der Waals surface area contributed by atoms with Crippen LogP contribution in [0, 0.1) is 0 Å². The Kier molecular flexibility index (Phi) is 6.32. The third-order valence-electron chi connectivity index (χ3n) is 4.85. The third-order valence-corrected chi connectivity index (χ3v) is 4.85. The molecule has 2 aliphatic rings. The van der Waals surface area contributed by atoms with Gasteiger partial charge in [-0.3, -0.25) is 0 Å². The van der Waals surface area contributed by atoms with Crippen LogP contribution in [0.15, 0.2) is 0 Å². The molecular formula is C18H34N2O3. The first-order chi connectivity index (χ1) is 10.7. The lowest BCUT2D eigenvalue weighted by Crippen LogP contribution is -2.45. The largest absolute Gasteiger partial charge is 0.444 e. The van der Waals surface area contributed by atoms with Gasteiger partial charge in [0.15, 0.2) is 0 Å². The number of rotatable bonds is 4. The van der Waals surface area contributed by atoms with Crippen molar-refractivity contribution in [1.29, 1.82) is 0 Å². The molecule has 0 bridgehead atoms. The Morgan fingerprint density at radius 1 is 1.26 bits per heavy atom. The zero-order valence-corrected chi connectivity index (χ0v) is 15.2. The molecule has 5 heteroatoms. The predicted octanol–water partition coefficient (Wildman–Crippen LogP) is 3.06. The van der Waals surface area contributed by atoms with Crippen molar-refractivity contribution in [2.24, 2.45) is 0 Å². The van der Waals surface area contributed by atoms with Crippen LogP contribution in [-0.2, 0) is 4.74 Å². The quantitative estimate of drug-likeness (QED) is 0.833. The van der Waals surface area contributed by atoms with Crippen LogP contribution in [0.2, 0.25) is 0 Å². The van der Waals surface area contributed by atoms with E-state index in [9.17, 15) is 9.90 Å². The number of likely N-dealkylation sites (tertiary alicyclic amines) is 1. The number of hydrogen-bond acceptors (Lipinski definition) is 4. The summed E-state index contributed by atoms with van der Waals surface area (Å²) in [4.78, 5) is 14.2. The Bertz CT molecular complexity index is 386. The number of amides is 1. The molecule has 134 valence electrons. The van der Waals surface area contributed by atoms with Gasteiger partial charge in [-0.15, -0.1) is 0 Å². The fraction of sp³-hybridized carbons (Fsp3) is 0.944. The van der Waals surface area contributed by atoms with E-state index in [1.807, 2.05) is 25.7 Å². The van der Waals surface area contributed by atoms with E-state index in [0.29, 0.717) is 12.1 Å². The average Bonchev–Trinajstić information content (AvgIpc) is 2.87. The summed E-state index contributed by atoms with van der Waals surface area (Å²) >= 11 is 0. The van der Waals surface area contributed by atoms with Crippen LogP contribution >= 0.6 is 0 Å². The van der Waals surface area contributed by atoms with Crippen molar-refractivity contribution in [3.8, 4) is 0 Å². The minimum Gasteiger partial charge on any atom is -0.444 e. The van der Waals surface area contributed by atoms with Crippen molar-refractivity contribution >= 4 is 6.09 Å². The Morgan fingerprint density at radius 2 is 1.91 bits per heavy atom. The minimum atomic E-state index is -0.434. The fourth-order valence-electron chi connectivity index (χ4n) is 3.76. The topological polar surface area (TPSA) is 61.8 Å². The number of ether oxygens (including phenoxy) is 1. The van der Waals surface area contributed by atoms with E-state index in [1.165, 1.54) is 0 Å². The summed E-state index contributed by atoms with van der Waals surface area (Å²) in [6.45, 7) is 8.76. The first-order valence-electron chi connectivity index (χ1n) is 9.18. The van der Waals surface area contributed by atoms with Crippen molar-refractivity contribution in [3.63, 3.8) is 0 Å². The Balaban J connectivity index is 1.79. The molecule has 2 rings (SSSR count). The summed E-state index contributed by atoms with van der Waals surface area (Å²) in [6, 6.07) is 1.16. The van der Waals surface area contributed by atoms with Gasteiger partial charge in [-0.05, 0) is 72.6 Å². The van der Waals surface area contributed by atoms with Crippen molar-refractivity contribution in [1.82, 2.24) is 10.2 Å². The molecule has 0 aromatic carbocycles. The number of carbonyl (C=O) groups excluding carboxylic acids is 1. The molecule has 0 spiro atoms. The van der Waals surface area contributed by atoms with Crippen molar-refractivity contribution < 1.29 is 14.6 Å². The highest BCUT2D eigenvalue weighted by molar-refractivity contribution is 5.68. The molecule has 0 unspecified atom stereocenters. The summed E-state index contributed by atoms with van der Waals surface area (Å²) in [7, 11) is 0. The molecule has 1 saturated carbocycles. The molecule has 1 saturated heterocycles. The molecule has 1 amide bonds. The zero-order chi connectivity index (χ0) is 17.0. The van der Waals surface area contributed by atoms with Gasteiger partial charge in [-0.1, -0.05) is 0 Å². The molecule has 23 heavy (non-hydrogen) atoms. The maximum atomic E-state index is 12.3. The molecule has 0 aromatic heterocycles. The zero-order valence-electron chi connectivity index (χ0n) is 15.2. The lowest BCUT2D eigenvalue weighted by molar-refractivity contribution is 0.0212. The molecule has 1 heterocycles. The van der Waals surface area contributed by atoms with Gasteiger partial charge in [0.05, 0.1) is 6.10 Å². The van der Waals surface area contributed by atoms with Crippen LogP contribution in [0.25, 0.3) is 0 Å². The van der Waals surface area contributed by atoms with Gasteiger partial charge >= 0.3 is 6.09 Å². The van der Waals surface area contributed by atoms with Crippen LogP contribution in [0.3, 0.4) is 0 Å². The van der Waals surface area contributed by atoms with E-state index >= 15 is 0 Å².